The number of pyridine rings is 2. The van der Waals surface area contributed by atoms with E-state index in [0.29, 0.717) is 16.9 Å². The average molecular weight is 429 g/mol. The van der Waals surface area contributed by atoms with Crippen molar-refractivity contribution in [3.8, 4) is 11.4 Å². The third kappa shape index (κ3) is 4.36. The molecule has 0 spiro atoms. The molecular formula is C23H19N5O4. The zero-order valence-electron chi connectivity index (χ0n) is 17.2. The topological polar surface area (TPSA) is 116 Å². The summed E-state index contributed by atoms with van der Waals surface area (Å²) in [6.07, 6.45) is 3.15. The van der Waals surface area contributed by atoms with Crippen molar-refractivity contribution < 1.29 is 9.59 Å². The highest BCUT2D eigenvalue weighted by atomic mass is 16.2. The molecule has 3 heterocycles. The van der Waals surface area contributed by atoms with E-state index in [1.165, 1.54) is 11.5 Å². The molecular weight excluding hydrogens is 410 g/mol. The van der Waals surface area contributed by atoms with Gasteiger partial charge in [0.25, 0.3) is 5.56 Å². The first-order chi connectivity index (χ1) is 15.4. The highest BCUT2D eigenvalue weighted by Gasteiger charge is 2.18. The summed E-state index contributed by atoms with van der Waals surface area (Å²) in [7, 11) is 0. The molecule has 2 aliphatic rings. The Balaban J connectivity index is 1.62. The quantitative estimate of drug-likeness (QED) is 0.467. The molecule has 2 aliphatic heterocycles. The van der Waals surface area contributed by atoms with Gasteiger partial charge in [0, 0.05) is 23.6 Å². The molecule has 160 valence electrons. The van der Waals surface area contributed by atoms with Gasteiger partial charge in [-0.2, -0.15) is 4.98 Å². The van der Waals surface area contributed by atoms with Crippen molar-refractivity contribution in [1.29, 1.82) is 0 Å². The zero-order chi connectivity index (χ0) is 22.7. The normalized spacial score (nSPS) is 10.8. The maximum Gasteiger partial charge on any atom is 0.352 e. The van der Waals surface area contributed by atoms with Crippen LogP contribution in [0.4, 0.5) is 5.69 Å². The smallest absolute Gasteiger partial charge is 0.325 e. The fourth-order valence-electron chi connectivity index (χ4n) is 3.31. The van der Waals surface area contributed by atoms with E-state index in [1.54, 1.807) is 67.0 Å². The summed E-state index contributed by atoms with van der Waals surface area (Å²) in [4.78, 5) is 57.8. The minimum Gasteiger partial charge on any atom is -0.325 e. The van der Waals surface area contributed by atoms with E-state index >= 15 is 0 Å². The number of fused-ring (bicyclic) bond motifs is 1. The van der Waals surface area contributed by atoms with Crippen LogP contribution in [0.2, 0.25) is 0 Å². The molecule has 1 aromatic carbocycles. The summed E-state index contributed by atoms with van der Waals surface area (Å²) in [6.45, 7) is 1.28. The lowest BCUT2D eigenvalue weighted by molar-refractivity contribution is -0.116. The molecule has 1 N–H and O–H groups in total. The molecule has 0 atom stereocenters. The van der Waals surface area contributed by atoms with Gasteiger partial charge in [0.2, 0.25) is 5.91 Å². The highest BCUT2D eigenvalue weighted by molar-refractivity contribution is 5.97. The van der Waals surface area contributed by atoms with Crippen molar-refractivity contribution in [2.75, 3.05) is 5.32 Å². The van der Waals surface area contributed by atoms with Crippen molar-refractivity contribution in [2.45, 2.75) is 20.0 Å². The van der Waals surface area contributed by atoms with Gasteiger partial charge in [0.15, 0.2) is 11.6 Å². The predicted molar refractivity (Wildman–Crippen MR) is 118 cm³/mol. The Bertz CT molecular complexity index is 1390. The number of nitrogens with one attached hydrogen (secondary N) is 1. The van der Waals surface area contributed by atoms with E-state index in [2.05, 4.69) is 15.3 Å². The van der Waals surface area contributed by atoms with Crippen LogP contribution in [-0.2, 0) is 17.9 Å². The molecule has 32 heavy (non-hydrogen) atoms. The number of carbonyl (C=O) groups is 2. The van der Waals surface area contributed by atoms with E-state index in [-0.39, 0.29) is 30.3 Å². The van der Waals surface area contributed by atoms with E-state index in [4.69, 9.17) is 0 Å². The third-order valence-electron chi connectivity index (χ3n) is 4.86. The molecule has 0 fully saturated rings. The SMILES string of the molecule is CC(=O)c1cccc(NC(=O)Cn2cccc3c(=O)n(Cc4ccccn4)c(=O)nc2-3)c1. The Morgan fingerprint density at radius 2 is 1.88 bits per heavy atom. The number of rotatable bonds is 6. The molecule has 1 aromatic heterocycles. The number of aromatic nitrogens is 4. The van der Waals surface area contributed by atoms with Crippen LogP contribution < -0.4 is 16.6 Å². The number of hydrogen-bond acceptors (Lipinski definition) is 6. The van der Waals surface area contributed by atoms with Gasteiger partial charge in [-0.1, -0.05) is 18.2 Å². The summed E-state index contributed by atoms with van der Waals surface area (Å²) in [6, 6.07) is 15.0. The Labute approximate surface area is 182 Å². The molecule has 1 amide bonds. The lowest BCUT2D eigenvalue weighted by Crippen LogP contribution is -2.38. The van der Waals surface area contributed by atoms with Gasteiger partial charge in [-0.25, -0.2) is 4.79 Å². The third-order valence-corrected chi connectivity index (χ3v) is 4.86. The Morgan fingerprint density at radius 1 is 1.03 bits per heavy atom. The first-order valence-corrected chi connectivity index (χ1v) is 9.83. The average Bonchev–Trinajstić information content (AvgIpc) is 2.78. The highest BCUT2D eigenvalue weighted by Crippen LogP contribution is 2.15. The first-order valence-electron chi connectivity index (χ1n) is 9.83. The predicted octanol–water partition coefficient (Wildman–Crippen LogP) is 1.79. The van der Waals surface area contributed by atoms with Gasteiger partial charge in [0.1, 0.15) is 6.54 Å². The number of Topliss-reactive ketones (excluding diaryl/α,β-unsaturated/α-hetero) is 1. The molecule has 0 unspecified atom stereocenters. The van der Waals surface area contributed by atoms with Gasteiger partial charge in [-0.05, 0) is 43.3 Å². The summed E-state index contributed by atoms with van der Waals surface area (Å²) in [5.41, 5.74) is 0.501. The van der Waals surface area contributed by atoms with Crippen molar-refractivity contribution in [2.24, 2.45) is 0 Å². The number of carbonyl (C=O) groups excluding carboxylic acids is 2. The molecule has 4 rings (SSSR count). The van der Waals surface area contributed by atoms with Crippen LogP contribution >= 0.6 is 0 Å². The Hall–Kier alpha value is -4.40. The number of benzene rings is 1. The first kappa shape index (κ1) is 20.9. The monoisotopic (exact) mass is 429 g/mol. The number of anilines is 1. The van der Waals surface area contributed by atoms with Gasteiger partial charge in [-0.15, -0.1) is 0 Å². The molecule has 9 nitrogen and oxygen atoms in total. The molecule has 0 saturated carbocycles. The largest absolute Gasteiger partial charge is 0.352 e. The lowest BCUT2D eigenvalue weighted by Gasteiger charge is -2.15. The van der Waals surface area contributed by atoms with Crippen LogP contribution in [0.25, 0.3) is 11.4 Å². The standard InChI is InChI=1S/C23H19N5O4/c1-15(29)16-6-4-8-17(12-16)25-20(30)14-27-11-5-9-19-21(27)26-23(32)28(22(19)31)13-18-7-2-3-10-24-18/h2-12H,13-14H2,1H3,(H,25,30). The number of ketones is 1. The van der Waals surface area contributed by atoms with Gasteiger partial charge in [0.05, 0.1) is 17.8 Å². The molecule has 0 aliphatic carbocycles. The summed E-state index contributed by atoms with van der Waals surface area (Å²) >= 11 is 0. The van der Waals surface area contributed by atoms with Crippen LogP contribution in [-0.4, -0.2) is 30.8 Å². The van der Waals surface area contributed by atoms with Crippen molar-refractivity contribution >= 4 is 17.4 Å². The summed E-state index contributed by atoms with van der Waals surface area (Å²) in [5, 5.41) is 2.71. The maximum atomic E-state index is 12.9. The van der Waals surface area contributed by atoms with Crippen LogP contribution in [0.1, 0.15) is 23.0 Å². The number of nitrogens with zero attached hydrogens (tertiary/aromatic N) is 4. The van der Waals surface area contributed by atoms with Gasteiger partial charge < -0.3 is 9.88 Å². The van der Waals surface area contributed by atoms with Gasteiger partial charge >= 0.3 is 5.69 Å². The number of amides is 1. The molecule has 0 saturated heterocycles. The van der Waals surface area contributed by atoms with Gasteiger partial charge in [-0.3, -0.25) is 23.9 Å². The zero-order valence-corrected chi connectivity index (χ0v) is 17.2. The second-order valence-electron chi connectivity index (χ2n) is 7.17. The fraction of sp³-hybridized carbons (Fsp3) is 0.130. The Morgan fingerprint density at radius 3 is 2.62 bits per heavy atom. The van der Waals surface area contributed by atoms with Crippen molar-refractivity contribution in [3.05, 3.63) is 99.1 Å². The van der Waals surface area contributed by atoms with Crippen molar-refractivity contribution in [3.63, 3.8) is 0 Å². The second-order valence-corrected chi connectivity index (χ2v) is 7.17. The Kier molecular flexibility index (Phi) is 5.71. The molecule has 0 radical (unpaired) electrons. The summed E-state index contributed by atoms with van der Waals surface area (Å²) in [5.74, 6) is -0.388. The van der Waals surface area contributed by atoms with Crippen LogP contribution in [0.15, 0.2) is 76.6 Å². The minimum absolute atomic E-state index is 0.00329. The second kappa shape index (κ2) is 8.76. The fourth-order valence-corrected chi connectivity index (χ4v) is 3.31. The lowest BCUT2D eigenvalue weighted by atomic mass is 10.1. The molecule has 2 aromatic rings. The van der Waals surface area contributed by atoms with E-state index < -0.39 is 17.2 Å². The van der Waals surface area contributed by atoms with E-state index in [1.807, 2.05) is 0 Å². The number of hydrogen-bond donors (Lipinski definition) is 1. The van der Waals surface area contributed by atoms with Crippen LogP contribution in [0.3, 0.4) is 0 Å². The van der Waals surface area contributed by atoms with E-state index in [9.17, 15) is 19.2 Å². The van der Waals surface area contributed by atoms with Crippen molar-refractivity contribution in [1.82, 2.24) is 19.1 Å². The van der Waals surface area contributed by atoms with Crippen LogP contribution in [0.5, 0.6) is 0 Å². The van der Waals surface area contributed by atoms with E-state index in [0.717, 1.165) is 4.57 Å². The molecule has 0 bridgehead atoms. The van der Waals surface area contributed by atoms with Crippen LogP contribution in [0, 0.1) is 0 Å². The molecule has 9 heteroatoms. The summed E-state index contributed by atoms with van der Waals surface area (Å²) < 4.78 is 2.45. The minimum atomic E-state index is -0.720. The maximum absolute atomic E-state index is 12.9.